The van der Waals surface area contributed by atoms with Crippen LogP contribution in [0.2, 0.25) is 0 Å². The van der Waals surface area contributed by atoms with Gasteiger partial charge in [-0.05, 0) is 125 Å². The van der Waals surface area contributed by atoms with Gasteiger partial charge in [-0.2, -0.15) is 0 Å². The van der Waals surface area contributed by atoms with E-state index in [1.807, 2.05) is 0 Å². The summed E-state index contributed by atoms with van der Waals surface area (Å²) in [5.74, 6) is 0. The van der Waals surface area contributed by atoms with E-state index >= 15 is 0 Å². The molecule has 0 unspecified atom stereocenters. The fourth-order valence-corrected chi connectivity index (χ4v) is 8.93. The standard InChI is InChI=1S/C52H30O2/c1-2-10-31(11-3-1)33-21-24-47-44(26-33)45-27-35(22-25-48(45)53-47)51-39-14-6-8-16-41(39)52(42-17-9-7-15-40(42)51)36-20-23-38-46-30-43-34(28-50(46)54-49(38)29-36)19-18-32-12-4-5-13-37(32)43/h1-30H. The third kappa shape index (κ3) is 4.28. The van der Waals surface area contributed by atoms with Gasteiger partial charge in [0.15, 0.2) is 0 Å². The van der Waals surface area contributed by atoms with Crippen molar-refractivity contribution in [3.63, 3.8) is 0 Å². The molecule has 250 valence electrons. The van der Waals surface area contributed by atoms with Crippen LogP contribution in [0, 0.1) is 0 Å². The van der Waals surface area contributed by atoms with Gasteiger partial charge in [0.2, 0.25) is 0 Å². The van der Waals surface area contributed by atoms with E-state index < -0.39 is 0 Å². The van der Waals surface area contributed by atoms with E-state index in [9.17, 15) is 0 Å². The van der Waals surface area contributed by atoms with Crippen LogP contribution in [0.25, 0.3) is 120 Å². The molecule has 10 aromatic carbocycles. The van der Waals surface area contributed by atoms with Gasteiger partial charge in [-0.3, -0.25) is 0 Å². The summed E-state index contributed by atoms with van der Waals surface area (Å²) in [5, 5.41) is 14.3. The second kappa shape index (κ2) is 11.2. The molecule has 0 atom stereocenters. The molecule has 2 aromatic heterocycles. The lowest BCUT2D eigenvalue weighted by molar-refractivity contribution is 0.669. The minimum Gasteiger partial charge on any atom is -0.456 e. The van der Waals surface area contributed by atoms with E-state index in [2.05, 4.69) is 182 Å². The number of fused-ring (bicyclic) bond motifs is 11. The molecule has 0 aliphatic carbocycles. The van der Waals surface area contributed by atoms with Crippen molar-refractivity contribution in [3.05, 3.63) is 182 Å². The van der Waals surface area contributed by atoms with Crippen LogP contribution in [-0.2, 0) is 0 Å². The van der Waals surface area contributed by atoms with Gasteiger partial charge in [-0.15, -0.1) is 0 Å². The monoisotopic (exact) mass is 686 g/mol. The molecular formula is C52H30O2. The Morgan fingerprint density at radius 1 is 0.222 bits per heavy atom. The van der Waals surface area contributed by atoms with Crippen molar-refractivity contribution in [1.82, 2.24) is 0 Å². The van der Waals surface area contributed by atoms with Gasteiger partial charge >= 0.3 is 0 Å². The molecule has 0 N–H and O–H groups in total. The van der Waals surface area contributed by atoms with E-state index in [-0.39, 0.29) is 0 Å². The molecule has 0 amide bonds. The Morgan fingerprint density at radius 3 is 1.43 bits per heavy atom. The van der Waals surface area contributed by atoms with Crippen molar-refractivity contribution in [2.45, 2.75) is 0 Å². The first kappa shape index (κ1) is 29.4. The molecule has 12 aromatic rings. The number of benzene rings is 10. The van der Waals surface area contributed by atoms with Crippen LogP contribution in [0.4, 0.5) is 0 Å². The smallest absolute Gasteiger partial charge is 0.136 e. The number of furan rings is 2. The summed E-state index contributed by atoms with van der Waals surface area (Å²) in [7, 11) is 0. The fourth-order valence-electron chi connectivity index (χ4n) is 8.93. The lowest BCUT2D eigenvalue weighted by Gasteiger charge is -2.17. The summed E-state index contributed by atoms with van der Waals surface area (Å²) in [4.78, 5) is 0. The Bertz CT molecular complexity index is 3430. The summed E-state index contributed by atoms with van der Waals surface area (Å²) >= 11 is 0. The summed E-state index contributed by atoms with van der Waals surface area (Å²) in [6.07, 6.45) is 0. The molecule has 0 radical (unpaired) electrons. The molecule has 0 saturated heterocycles. The zero-order chi connectivity index (χ0) is 35.3. The topological polar surface area (TPSA) is 26.3 Å². The Hall–Kier alpha value is -7.16. The molecule has 2 heteroatoms. The van der Waals surface area contributed by atoms with E-state index in [0.717, 1.165) is 49.4 Å². The summed E-state index contributed by atoms with van der Waals surface area (Å²) in [6.45, 7) is 0. The average molecular weight is 687 g/mol. The second-order valence-electron chi connectivity index (χ2n) is 14.4. The highest BCUT2D eigenvalue weighted by atomic mass is 16.3. The Labute approximate surface area is 310 Å². The molecular weight excluding hydrogens is 657 g/mol. The maximum atomic E-state index is 6.65. The van der Waals surface area contributed by atoms with Crippen LogP contribution in [-0.4, -0.2) is 0 Å². The molecule has 2 nitrogen and oxygen atoms in total. The minimum absolute atomic E-state index is 0.893. The van der Waals surface area contributed by atoms with Gasteiger partial charge in [0.25, 0.3) is 0 Å². The van der Waals surface area contributed by atoms with Crippen molar-refractivity contribution in [1.29, 1.82) is 0 Å². The third-order valence-electron chi connectivity index (χ3n) is 11.4. The van der Waals surface area contributed by atoms with Gasteiger partial charge in [0.1, 0.15) is 22.3 Å². The van der Waals surface area contributed by atoms with Gasteiger partial charge in [0.05, 0.1) is 0 Å². The van der Waals surface area contributed by atoms with Gasteiger partial charge < -0.3 is 8.83 Å². The largest absolute Gasteiger partial charge is 0.456 e. The van der Waals surface area contributed by atoms with Crippen molar-refractivity contribution in [2.24, 2.45) is 0 Å². The quantitative estimate of drug-likeness (QED) is 0.137. The number of hydrogen-bond donors (Lipinski definition) is 0. The second-order valence-corrected chi connectivity index (χ2v) is 14.4. The molecule has 54 heavy (non-hydrogen) atoms. The predicted octanol–water partition coefficient (Wildman–Crippen LogP) is 15.1. The fraction of sp³-hybridized carbons (Fsp3) is 0. The number of hydrogen-bond acceptors (Lipinski definition) is 2. The van der Waals surface area contributed by atoms with E-state index in [0.29, 0.717) is 0 Å². The van der Waals surface area contributed by atoms with Crippen molar-refractivity contribution >= 4 is 87.0 Å². The molecule has 0 aliphatic heterocycles. The normalized spacial score (nSPS) is 12.1. The van der Waals surface area contributed by atoms with E-state index in [4.69, 9.17) is 8.83 Å². The van der Waals surface area contributed by atoms with Crippen molar-refractivity contribution in [2.75, 3.05) is 0 Å². The molecule has 0 saturated carbocycles. The molecule has 2 heterocycles. The van der Waals surface area contributed by atoms with Crippen LogP contribution in [0.1, 0.15) is 0 Å². The van der Waals surface area contributed by atoms with Crippen LogP contribution < -0.4 is 0 Å². The highest BCUT2D eigenvalue weighted by molar-refractivity contribution is 6.23. The van der Waals surface area contributed by atoms with Crippen LogP contribution in [0.3, 0.4) is 0 Å². The third-order valence-corrected chi connectivity index (χ3v) is 11.4. The molecule has 0 aliphatic rings. The maximum Gasteiger partial charge on any atom is 0.136 e. The van der Waals surface area contributed by atoms with Gasteiger partial charge in [-0.25, -0.2) is 0 Å². The average Bonchev–Trinajstić information content (AvgIpc) is 3.78. The van der Waals surface area contributed by atoms with Gasteiger partial charge in [-0.1, -0.05) is 133 Å². The SMILES string of the molecule is c1ccc(-c2ccc3oc4ccc(-c5c6ccccc6c(-c6ccc7c(c6)oc6cc8ccc9ccccc9c8cc67)c6ccccc56)cc4c3c2)cc1. The summed E-state index contributed by atoms with van der Waals surface area (Å²) < 4.78 is 13.0. The Kier molecular flexibility index (Phi) is 6.09. The zero-order valence-electron chi connectivity index (χ0n) is 29.1. The van der Waals surface area contributed by atoms with Crippen LogP contribution in [0.15, 0.2) is 191 Å². The highest BCUT2D eigenvalue weighted by Gasteiger charge is 2.19. The highest BCUT2D eigenvalue weighted by Crippen LogP contribution is 2.46. The first-order valence-corrected chi connectivity index (χ1v) is 18.5. The van der Waals surface area contributed by atoms with Crippen LogP contribution in [0.5, 0.6) is 0 Å². The van der Waals surface area contributed by atoms with Crippen LogP contribution >= 0.6 is 0 Å². The minimum atomic E-state index is 0.893. The molecule has 0 spiro atoms. The lowest BCUT2D eigenvalue weighted by Crippen LogP contribution is -1.90. The van der Waals surface area contributed by atoms with E-state index in [1.54, 1.807) is 0 Å². The first-order chi connectivity index (χ1) is 26.7. The Morgan fingerprint density at radius 2 is 0.722 bits per heavy atom. The molecule has 0 bridgehead atoms. The van der Waals surface area contributed by atoms with E-state index in [1.165, 1.54) is 70.9 Å². The zero-order valence-corrected chi connectivity index (χ0v) is 29.1. The van der Waals surface area contributed by atoms with Crippen molar-refractivity contribution in [3.8, 4) is 33.4 Å². The Balaban J connectivity index is 1.07. The van der Waals surface area contributed by atoms with Gasteiger partial charge in [0, 0.05) is 21.5 Å². The number of rotatable bonds is 3. The maximum absolute atomic E-state index is 6.65. The molecule has 0 fully saturated rings. The van der Waals surface area contributed by atoms with Crippen molar-refractivity contribution < 1.29 is 8.83 Å². The summed E-state index contributed by atoms with van der Waals surface area (Å²) in [5.41, 5.74) is 10.7. The lowest BCUT2D eigenvalue weighted by atomic mass is 9.85. The predicted molar refractivity (Wildman–Crippen MR) is 227 cm³/mol. The summed E-state index contributed by atoms with van der Waals surface area (Å²) in [6, 6.07) is 65.6. The first-order valence-electron chi connectivity index (χ1n) is 18.5. The molecule has 12 rings (SSSR count).